The number of carbonyl (C=O) groups excluding carboxylic acids is 2. The smallest absolute Gasteiger partial charge is 0.311 e. The van der Waals surface area contributed by atoms with Crippen molar-refractivity contribution in [1.29, 1.82) is 0 Å². The van der Waals surface area contributed by atoms with Gasteiger partial charge in [0.2, 0.25) is 5.75 Å². The van der Waals surface area contributed by atoms with Crippen LogP contribution in [0.1, 0.15) is 130 Å². The molecule has 0 bridgehead atoms. The van der Waals surface area contributed by atoms with Gasteiger partial charge in [-0.05, 0) is 38.8 Å². The van der Waals surface area contributed by atoms with Crippen molar-refractivity contribution in [2.24, 2.45) is 0 Å². The lowest BCUT2D eigenvalue weighted by molar-refractivity contribution is -0.137. The molecule has 0 atom stereocenters. The molecular formula is C29H48O5. The molecule has 1 aromatic carbocycles. The quantitative estimate of drug-likeness (QED) is 0.107. The number of para-hydroxylation sites is 1. The van der Waals surface area contributed by atoms with Crippen molar-refractivity contribution < 1.29 is 23.8 Å². The lowest BCUT2D eigenvalue weighted by Gasteiger charge is -2.17. The number of benzene rings is 1. The first kappa shape index (κ1) is 30.0. The van der Waals surface area contributed by atoms with Crippen molar-refractivity contribution >= 4 is 11.9 Å². The summed E-state index contributed by atoms with van der Waals surface area (Å²) >= 11 is 0. The van der Waals surface area contributed by atoms with Gasteiger partial charge in [-0.15, -0.1) is 0 Å². The number of ether oxygens (including phenoxy) is 3. The fourth-order valence-electron chi connectivity index (χ4n) is 3.81. The van der Waals surface area contributed by atoms with E-state index in [0.717, 1.165) is 38.5 Å². The van der Waals surface area contributed by atoms with E-state index in [9.17, 15) is 9.59 Å². The second kappa shape index (κ2) is 19.3. The predicted octanol–water partition coefficient (Wildman–Crippen LogP) is 8.57. The zero-order valence-corrected chi connectivity index (χ0v) is 22.2. The van der Waals surface area contributed by atoms with Gasteiger partial charge in [0.05, 0.1) is 6.10 Å². The minimum absolute atomic E-state index is 0.0979. The van der Waals surface area contributed by atoms with E-state index >= 15 is 0 Å². The first-order valence-electron chi connectivity index (χ1n) is 13.7. The van der Waals surface area contributed by atoms with Crippen LogP contribution in [-0.2, 0) is 9.59 Å². The van der Waals surface area contributed by atoms with Crippen LogP contribution in [0.5, 0.6) is 17.2 Å². The first-order chi connectivity index (χ1) is 16.5. The predicted molar refractivity (Wildman–Crippen MR) is 139 cm³/mol. The summed E-state index contributed by atoms with van der Waals surface area (Å²) in [6, 6.07) is 5.15. The van der Waals surface area contributed by atoms with Gasteiger partial charge in [-0.3, -0.25) is 9.59 Å². The van der Waals surface area contributed by atoms with E-state index in [2.05, 4.69) is 13.8 Å². The number of rotatable bonds is 20. The third-order valence-electron chi connectivity index (χ3n) is 5.71. The topological polar surface area (TPSA) is 61.8 Å². The Morgan fingerprint density at radius 1 is 0.647 bits per heavy atom. The van der Waals surface area contributed by atoms with Crippen LogP contribution in [0.4, 0.5) is 0 Å². The van der Waals surface area contributed by atoms with Gasteiger partial charge in [-0.1, -0.05) is 97.0 Å². The van der Waals surface area contributed by atoms with E-state index in [1.165, 1.54) is 51.4 Å². The standard InChI is InChI=1S/C29H48O5/c1-5-7-9-11-13-15-17-22-27(30)33-26-21-19-20-25(32-24(3)4)29(26)34-28(31)23-18-16-14-12-10-8-6-2/h19-21,24H,5-18,22-23H2,1-4H3. The molecule has 34 heavy (non-hydrogen) atoms. The highest BCUT2D eigenvalue weighted by atomic mass is 16.6. The molecule has 0 saturated heterocycles. The summed E-state index contributed by atoms with van der Waals surface area (Å²) in [6.45, 7) is 8.23. The molecule has 0 saturated carbocycles. The summed E-state index contributed by atoms with van der Waals surface area (Å²) in [4.78, 5) is 25.0. The van der Waals surface area contributed by atoms with Crippen molar-refractivity contribution in [3.63, 3.8) is 0 Å². The molecule has 0 aliphatic heterocycles. The summed E-state index contributed by atoms with van der Waals surface area (Å²) in [5, 5.41) is 0. The monoisotopic (exact) mass is 476 g/mol. The zero-order chi connectivity index (χ0) is 25.0. The van der Waals surface area contributed by atoms with Crippen LogP contribution in [0.25, 0.3) is 0 Å². The van der Waals surface area contributed by atoms with Crippen molar-refractivity contribution in [3.05, 3.63) is 18.2 Å². The van der Waals surface area contributed by atoms with Gasteiger partial charge < -0.3 is 14.2 Å². The lowest BCUT2D eigenvalue weighted by atomic mass is 10.1. The minimum Gasteiger partial charge on any atom is -0.487 e. The van der Waals surface area contributed by atoms with Gasteiger partial charge in [-0.2, -0.15) is 0 Å². The number of hydrogen-bond acceptors (Lipinski definition) is 5. The van der Waals surface area contributed by atoms with Crippen LogP contribution in [0.3, 0.4) is 0 Å². The van der Waals surface area contributed by atoms with Crippen LogP contribution in [0.15, 0.2) is 18.2 Å². The molecule has 0 aliphatic carbocycles. The minimum atomic E-state index is -0.322. The summed E-state index contributed by atoms with van der Waals surface area (Å²) < 4.78 is 17.1. The van der Waals surface area contributed by atoms with E-state index < -0.39 is 0 Å². The molecule has 194 valence electrons. The fraction of sp³-hybridized carbons (Fsp3) is 0.724. The first-order valence-corrected chi connectivity index (χ1v) is 13.7. The van der Waals surface area contributed by atoms with Crippen molar-refractivity contribution in [3.8, 4) is 17.2 Å². The van der Waals surface area contributed by atoms with Crippen molar-refractivity contribution in [1.82, 2.24) is 0 Å². The van der Waals surface area contributed by atoms with Crippen LogP contribution in [0.2, 0.25) is 0 Å². The number of esters is 2. The average molecular weight is 477 g/mol. The fourth-order valence-corrected chi connectivity index (χ4v) is 3.81. The summed E-state index contributed by atoms with van der Waals surface area (Å²) in [5.41, 5.74) is 0. The Labute approximate surface area is 207 Å². The summed E-state index contributed by atoms with van der Waals surface area (Å²) in [5.74, 6) is 0.248. The van der Waals surface area contributed by atoms with Crippen LogP contribution in [-0.4, -0.2) is 18.0 Å². The van der Waals surface area contributed by atoms with Gasteiger partial charge in [-0.25, -0.2) is 0 Å². The van der Waals surface area contributed by atoms with E-state index in [0.29, 0.717) is 18.6 Å². The molecule has 1 rings (SSSR count). The van der Waals surface area contributed by atoms with E-state index in [1.807, 2.05) is 13.8 Å². The van der Waals surface area contributed by atoms with Gasteiger partial charge >= 0.3 is 11.9 Å². The third-order valence-corrected chi connectivity index (χ3v) is 5.71. The highest BCUT2D eigenvalue weighted by Crippen LogP contribution is 2.38. The average Bonchev–Trinajstić information content (AvgIpc) is 2.79. The van der Waals surface area contributed by atoms with Crippen LogP contribution < -0.4 is 14.2 Å². The Balaban J connectivity index is 2.59. The molecule has 0 fully saturated rings. The zero-order valence-electron chi connectivity index (χ0n) is 22.2. The van der Waals surface area contributed by atoms with Gasteiger partial charge in [0.1, 0.15) is 0 Å². The second-order valence-corrected chi connectivity index (χ2v) is 9.44. The Hall–Kier alpha value is -2.04. The number of hydrogen-bond donors (Lipinski definition) is 0. The molecule has 0 N–H and O–H groups in total. The Morgan fingerprint density at radius 3 is 1.59 bits per heavy atom. The van der Waals surface area contributed by atoms with E-state index in [-0.39, 0.29) is 29.5 Å². The van der Waals surface area contributed by atoms with Crippen molar-refractivity contribution in [2.75, 3.05) is 0 Å². The van der Waals surface area contributed by atoms with Gasteiger partial charge in [0.25, 0.3) is 0 Å². The lowest BCUT2D eigenvalue weighted by Crippen LogP contribution is -2.14. The van der Waals surface area contributed by atoms with Gasteiger partial charge in [0.15, 0.2) is 11.5 Å². The second-order valence-electron chi connectivity index (χ2n) is 9.44. The molecule has 5 heteroatoms. The Kier molecular flexibility index (Phi) is 17.0. The highest BCUT2D eigenvalue weighted by molar-refractivity contribution is 5.77. The maximum absolute atomic E-state index is 12.5. The Bertz CT molecular complexity index is 683. The van der Waals surface area contributed by atoms with Gasteiger partial charge in [0, 0.05) is 12.8 Å². The normalized spacial score (nSPS) is 11.0. The maximum Gasteiger partial charge on any atom is 0.311 e. The Morgan fingerprint density at radius 2 is 1.09 bits per heavy atom. The third kappa shape index (κ3) is 14.3. The van der Waals surface area contributed by atoms with Crippen molar-refractivity contribution in [2.45, 2.75) is 137 Å². The van der Waals surface area contributed by atoms with E-state index in [1.54, 1.807) is 18.2 Å². The maximum atomic E-state index is 12.5. The molecule has 0 radical (unpaired) electrons. The molecule has 0 aromatic heterocycles. The molecule has 0 amide bonds. The number of carbonyl (C=O) groups is 2. The molecule has 0 heterocycles. The largest absolute Gasteiger partial charge is 0.487 e. The highest BCUT2D eigenvalue weighted by Gasteiger charge is 2.19. The molecule has 0 unspecified atom stereocenters. The number of unbranched alkanes of at least 4 members (excludes halogenated alkanes) is 12. The summed E-state index contributed by atoms with van der Waals surface area (Å²) in [6.07, 6.45) is 16.5. The van der Waals surface area contributed by atoms with E-state index in [4.69, 9.17) is 14.2 Å². The molecule has 5 nitrogen and oxygen atoms in total. The molecular weight excluding hydrogens is 428 g/mol. The van der Waals surface area contributed by atoms with Crippen LogP contribution in [0, 0.1) is 0 Å². The van der Waals surface area contributed by atoms with Crippen LogP contribution >= 0.6 is 0 Å². The molecule has 0 spiro atoms. The SMILES string of the molecule is CCCCCCCCCC(=O)Oc1cccc(OC(C)C)c1OC(=O)CCCCCCCCC. The summed E-state index contributed by atoms with van der Waals surface area (Å²) in [7, 11) is 0. The molecule has 0 aliphatic rings. The molecule has 1 aromatic rings.